The van der Waals surface area contributed by atoms with Crippen molar-refractivity contribution < 1.29 is 0 Å². The average molecular weight is 277 g/mol. The molecule has 0 saturated heterocycles. The van der Waals surface area contributed by atoms with E-state index in [0.29, 0.717) is 5.56 Å². The molecule has 18 heavy (non-hydrogen) atoms. The molecule has 0 aliphatic rings. The van der Waals surface area contributed by atoms with Crippen molar-refractivity contribution >= 4 is 28.6 Å². The number of nitrogens with zero attached hydrogens (tertiary/aromatic N) is 1. The minimum absolute atomic E-state index is 0.176. The van der Waals surface area contributed by atoms with Crippen molar-refractivity contribution in [1.29, 1.82) is 5.26 Å². The Kier molecular flexibility index (Phi) is 3.90. The molecule has 1 unspecified atom stereocenters. The monoisotopic (exact) mass is 276 g/mol. The van der Waals surface area contributed by atoms with Gasteiger partial charge < -0.3 is 5.32 Å². The van der Waals surface area contributed by atoms with Crippen LogP contribution >= 0.6 is 22.9 Å². The molecule has 0 aliphatic heterocycles. The first-order valence-corrected chi connectivity index (χ1v) is 6.82. The summed E-state index contributed by atoms with van der Waals surface area (Å²) < 4.78 is 0.793. The minimum atomic E-state index is 0.176. The standard InChI is InChI=1S/C14H13ClN2S/c1-9-3-4-11(8-16)7-12(9)17-10(2)13-5-6-14(15)18-13/h3-7,10,17H,1-2H3. The second-order valence-electron chi connectivity index (χ2n) is 4.15. The molecule has 2 nitrogen and oxygen atoms in total. The lowest BCUT2D eigenvalue weighted by atomic mass is 10.1. The molecular weight excluding hydrogens is 264 g/mol. The fraction of sp³-hybridized carbons (Fsp3) is 0.214. The Morgan fingerprint density at radius 1 is 1.33 bits per heavy atom. The van der Waals surface area contributed by atoms with E-state index >= 15 is 0 Å². The fourth-order valence-electron chi connectivity index (χ4n) is 1.71. The highest BCUT2D eigenvalue weighted by atomic mass is 35.5. The summed E-state index contributed by atoms with van der Waals surface area (Å²) in [5.41, 5.74) is 2.79. The van der Waals surface area contributed by atoms with Gasteiger partial charge in [-0.05, 0) is 43.7 Å². The van der Waals surface area contributed by atoms with Gasteiger partial charge in [0, 0.05) is 10.6 Å². The number of aryl methyl sites for hydroxylation is 1. The Balaban J connectivity index is 2.21. The van der Waals surface area contributed by atoms with Gasteiger partial charge >= 0.3 is 0 Å². The number of rotatable bonds is 3. The van der Waals surface area contributed by atoms with E-state index in [-0.39, 0.29) is 6.04 Å². The third-order valence-electron chi connectivity index (χ3n) is 2.76. The minimum Gasteiger partial charge on any atom is -0.377 e. The fourth-order valence-corrected chi connectivity index (χ4v) is 2.78. The molecule has 1 heterocycles. The lowest BCUT2D eigenvalue weighted by Crippen LogP contribution is -2.06. The Morgan fingerprint density at radius 2 is 2.11 bits per heavy atom. The highest BCUT2D eigenvalue weighted by Crippen LogP contribution is 2.30. The Hall–Kier alpha value is -1.50. The van der Waals surface area contributed by atoms with Crippen molar-refractivity contribution in [3.05, 3.63) is 50.7 Å². The largest absolute Gasteiger partial charge is 0.377 e. The van der Waals surface area contributed by atoms with Gasteiger partial charge in [-0.1, -0.05) is 17.7 Å². The SMILES string of the molecule is Cc1ccc(C#N)cc1NC(C)c1ccc(Cl)s1. The topological polar surface area (TPSA) is 35.8 Å². The number of benzene rings is 1. The quantitative estimate of drug-likeness (QED) is 0.878. The first-order valence-electron chi connectivity index (χ1n) is 5.62. The Bertz CT molecular complexity index is 598. The summed E-state index contributed by atoms with van der Waals surface area (Å²) in [5, 5.41) is 12.3. The summed E-state index contributed by atoms with van der Waals surface area (Å²) in [4.78, 5) is 1.18. The number of anilines is 1. The van der Waals surface area contributed by atoms with Gasteiger partial charge in [0.25, 0.3) is 0 Å². The molecule has 0 saturated carbocycles. The molecule has 0 fully saturated rings. The van der Waals surface area contributed by atoms with Crippen molar-refractivity contribution in [2.75, 3.05) is 5.32 Å². The predicted octanol–water partition coefficient (Wildman–Crippen LogP) is 4.75. The number of hydrogen-bond acceptors (Lipinski definition) is 3. The molecule has 92 valence electrons. The van der Waals surface area contributed by atoms with Gasteiger partial charge in [0.15, 0.2) is 0 Å². The van der Waals surface area contributed by atoms with Crippen LogP contribution in [0, 0.1) is 18.3 Å². The zero-order valence-corrected chi connectivity index (χ0v) is 11.8. The van der Waals surface area contributed by atoms with Crippen molar-refractivity contribution in [2.45, 2.75) is 19.9 Å². The molecule has 4 heteroatoms. The van der Waals surface area contributed by atoms with Gasteiger partial charge in [-0.2, -0.15) is 5.26 Å². The van der Waals surface area contributed by atoms with E-state index in [4.69, 9.17) is 16.9 Å². The molecule has 2 aromatic rings. The van der Waals surface area contributed by atoms with Crippen molar-refractivity contribution in [1.82, 2.24) is 0 Å². The van der Waals surface area contributed by atoms with Crippen LogP contribution in [0.25, 0.3) is 0 Å². The van der Waals surface area contributed by atoms with Gasteiger partial charge in [-0.15, -0.1) is 11.3 Å². The maximum atomic E-state index is 8.91. The van der Waals surface area contributed by atoms with E-state index < -0.39 is 0 Å². The van der Waals surface area contributed by atoms with Crippen LogP contribution in [0.3, 0.4) is 0 Å². The van der Waals surface area contributed by atoms with Crippen molar-refractivity contribution in [3.8, 4) is 6.07 Å². The second-order valence-corrected chi connectivity index (χ2v) is 5.90. The second kappa shape index (κ2) is 5.43. The number of thiophene rings is 1. The van der Waals surface area contributed by atoms with E-state index in [2.05, 4.69) is 18.3 Å². The third kappa shape index (κ3) is 2.84. The van der Waals surface area contributed by atoms with Gasteiger partial charge in [-0.25, -0.2) is 0 Å². The number of nitrogens with one attached hydrogen (secondary N) is 1. The van der Waals surface area contributed by atoms with Crippen LogP contribution in [-0.2, 0) is 0 Å². The highest BCUT2D eigenvalue weighted by molar-refractivity contribution is 7.16. The van der Waals surface area contributed by atoms with Gasteiger partial charge in [0.05, 0.1) is 22.0 Å². The van der Waals surface area contributed by atoms with E-state index in [1.807, 2.05) is 37.3 Å². The van der Waals surface area contributed by atoms with E-state index in [1.165, 1.54) is 4.88 Å². The highest BCUT2D eigenvalue weighted by Gasteiger charge is 2.09. The maximum absolute atomic E-state index is 8.91. The predicted molar refractivity (Wildman–Crippen MR) is 77.3 cm³/mol. The number of halogens is 1. The molecule has 1 atom stereocenters. The summed E-state index contributed by atoms with van der Waals surface area (Å²) in [5.74, 6) is 0. The molecule has 0 aliphatic carbocycles. The van der Waals surface area contributed by atoms with Crippen molar-refractivity contribution in [2.24, 2.45) is 0 Å². The average Bonchev–Trinajstić information content (AvgIpc) is 2.79. The maximum Gasteiger partial charge on any atom is 0.0992 e. The van der Waals surface area contributed by atoms with Gasteiger partial charge in [0.2, 0.25) is 0 Å². The van der Waals surface area contributed by atoms with Crippen LogP contribution in [0.1, 0.15) is 29.0 Å². The van der Waals surface area contributed by atoms with Crippen LogP contribution in [0.4, 0.5) is 5.69 Å². The summed E-state index contributed by atoms with van der Waals surface area (Å²) in [6.45, 7) is 4.11. The lowest BCUT2D eigenvalue weighted by molar-refractivity contribution is 0.905. The van der Waals surface area contributed by atoms with Crippen molar-refractivity contribution in [3.63, 3.8) is 0 Å². The molecule has 0 bridgehead atoms. The summed E-state index contributed by atoms with van der Waals surface area (Å²) in [6, 6.07) is 11.9. The normalized spacial score (nSPS) is 11.9. The Labute approximate surface area is 116 Å². The van der Waals surface area contributed by atoms with Crippen LogP contribution in [0.15, 0.2) is 30.3 Å². The van der Waals surface area contributed by atoms with Gasteiger partial charge in [0.1, 0.15) is 0 Å². The Morgan fingerprint density at radius 3 is 2.72 bits per heavy atom. The summed E-state index contributed by atoms with van der Waals surface area (Å²) >= 11 is 7.50. The zero-order chi connectivity index (χ0) is 13.1. The van der Waals surface area contributed by atoms with Crippen LogP contribution in [-0.4, -0.2) is 0 Å². The molecular formula is C14H13ClN2S. The van der Waals surface area contributed by atoms with E-state index in [0.717, 1.165) is 15.6 Å². The van der Waals surface area contributed by atoms with Crippen LogP contribution in [0.2, 0.25) is 4.34 Å². The molecule has 0 amide bonds. The number of hydrogen-bond donors (Lipinski definition) is 1. The smallest absolute Gasteiger partial charge is 0.0992 e. The summed E-state index contributed by atoms with van der Waals surface area (Å²) in [7, 11) is 0. The number of nitriles is 1. The van der Waals surface area contributed by atoms with Crippen LogP contribution < -0.4 is 5.32 Å². The van der Waals surface area contributed by atoms with E-state index in [1.54, 1.807) is 11.3 Å². The molecule has 1 aromatic heterocycles. The lowest BCUT2D eigenvalue weighted by Gasteiger charge is -2.16. The molecule has 1 aromatic carbocycles. The third-order valence-corrected chi connectivity index (χ3v) is 4.17. The molecule has 0 radical (unpaired) electrons. The van der Waals surface area contributed by atoms with Crippen LogP contribution in [0.5, 0.6) is 0 Å². The molecule has 0 spiro atoms. The van der Waals surface area contributed by atoms with E-state index in [9.17, 15) is 0 Å². The first kappa shape index (κ1) is 12.9. The molecule has 1 N–H and O–H groups in total. The molecule has 2 rings (SSSR count). The zero-order valence-electron chi connectivity index (χ0n) is 10.2. The van der Waals surface area contributed by atoms with Gasteiger partial charge in [-0.3, -0.25) is 0 Å². The summed E-state index contributed by atoms with van der Waals surface area (Å²) in [6.07, 6.45) is 0. The first-order chi connectivity index (χ1) is 8.60.